The molecule has 0 aromatic heterocycles. The zero-order valence-corrected chi connectivity index (χ0v) is 23.7. The fourth-order valence-electron chi connectivity index (χ4n) is 4.94. The van der Waals surface area contributed by atoms with Gasteiger partial charge in [-0.05, 0) is 65.7 Å². The number of carbonyl (C=O) groups excluding carboxylic acids is 3. The minimum atomic E-state index is -2.42. The summed E-state index contributed by atoms with van der Waals surface area (Å²) in [7, 11) is -2.42. The second-order valence-electron chi connectivity index (χ2n) is 10.9. The monoisotopic (exact) mass is 586 g/mol. The number of hydrogen-bond donors (Lipinski definition) is 0. The van der Waals surface area contributed by atoms with Gasteiger partial charge >= 0.3 is 0 Å². The number of Topliss-reactive ketones (excluding diaryl/α,β-unsaturated/α-hetero) is 3. The number of carbonyl (C=O) groups is 3. The number of rotatable bonds is 4. The van der Waals surface area contributed by atoms with E-state index in [1.54, 1.807) is 36.4 Å². The lowest BCUT2D eigenvalue weighted by Gasteiger charge is -2.51. The standard InChI is InChI=1S/C28H31IO4Si/c1-17-15-16-21-23(30)18-11-7-8-12-19(18)24(31)28(21,25(32)20-13-9-10-14-22(20)29)26(17)33-34(5,6)27(2,3)4/h7-15,21,26H,16H2,1-6H3/t21-,26+,28-/m0/s1. The lowest BCUT2D eigenvalue weighted by molar-refractivity contribution is 0.0120. The summed E-state index contributed by atoms with van der Waals surface area (Å²) in [5, 5.41) is -0.134. The Kier molecular flexibility index (Phi) is 6.40. The molecule has 4 rings (SSSR count). The van der Waals surface area contributed by atoms with Crippen LogP contribution in [0.5, 0.6) is 0 Å². The third kappa shape index (κ3) is 3.69. The molecule has 0 saturated carbocycles. The predicted octanol–water partition coefficient (Wildman–Crippen LogP) is 6.90. The predicted molar refractivity (Wildman–Crippen MR) is 145 cm³/mol. The van der Waals surface area contributed by atoms with E-state index in [4.69, 9.17) is 4.43 Å². The molecule has 178 valence electrons. The highest BCUT2D eigenvalue weighted by atomic mass is 127. The first-order chi connectivity index (χ1) is 15.8. The van der Waals surface area contributed by atoms with Crippen molar-refractivity contribution in [2.75, 3.05) is 0 Å². The van der Waals surface area contributed by atoms with Crippen molar-refractivity contribution >= 4 is 48.3 Å². The maximum absolute atomic E-state index is 14.6. The summed E-state index contributed by atoms with van der Waals surface area (Å²) < 4.78 is 7.68. The van der Waals surface area contributed by atoms with E-state index >= 15 is 0 Å². The lowest BCUT2D eigenvalue weighted by Crippen LogP contribution is -2.63. The first kappa shape index (κ1) is 25.2. The van der Waals surface area contributed by atoms with Crippen LogP contribution in [0.4, 0.5) is 0 Å². The van der Waals surface area contributed by atoms with Crippen LogP contribution in [-0.2, 0) is 4.43 Å². The second kappa shape index (κ2) is 8.64. The highest BCUT2D eigenvalue weighted by Gasteiger charge is 2.65. The van der Waals surface area contributed by atoms with E-state index in [0.29, 0.717) is 23.1 Å². The van der Waals surface area contributed by atoms with Crippen LogP contribution in [0, 0.1) is 14.9 Å². The van der Waals surface area contributed by atoms with Gasteiger partial charge in [-0.3, -0.25) is 14.4 Å². The largest absolute Gasteiger partial charge is 0.409 e. The van der Waals surface area contributed by atoms with E-state index in [1.807, 2.05) is 25.1 Å². The van der Waals surface area contributed by atoms with Gasteiger partial charge in [-0.15, -0.1) is 0 Å². The highest BCUT2D eigenvalue weighted by Crippen LogP contribution is 2.54. The van der Waals surface area contributed by atoms with Crippen LogP contribution in [0.1, 0.15) is 65.2 Å². The molecule has 0 bridgehead atoms. The van der Waals surface area contributed by atoms with Crippen molar-refractivity contribution in [3.8, 4) is 0 Å². The average Bonchev–Trinajstić information content (AvgIpc) is 2.78. The maximum atomic E-state index is 14.6. The second-order valence-corrected chi connectivity index (χ2v) is 16.8. The molecule has 2 aromatic carbocycles. The highest BCUT2D eigenvalue weighted by molar-refractivity contribution is 14.1. The summed E-state index contributed by atoms with van der Waals surface area (Å²) in [6.07, 6.45) is 1.54. The van der Waals surface area contributed by atoms with E-state index in [0.717, 1.165) is 9.14 Å². The van der Waals surface area contributed by atoms with Crippen molar-refractivity contribution in [3.05, 3.63) is 80.4 Å². The number of halogens is 1. The van der Waals surface area contributed by atoms with E-state index in [1.165, 1.54) is 0 Å². The molecule has 0 amide bonds. The zero-order valence-electron chi connectivity index (χ0n) is 20.6. The van der Waals surface area contributed by atoms with Crippen molar-refractivity contribution in [1.82, 2.24) is 0 Å². The third-order valence-electron chi connectivity index (χ3n) is 7.89. The number of fused-ring (bicyclic) bond motifs is 2. The van der Waals surface area contributed by atoms with E-state index < -0.39 is 25.8 Å². The third-order valence-corrected chi connectivity index (χ3v) is 13.3. The Hall–Kier alpha value is -1.90. The Labute approximate surface area is 216 Å². The number of ketones is 3. The molecule has 0 N–H and O–H groups in total. The van der Waals surface area contributed by atoms with Gasteiger partial charge in [0.05, 0.1) is 6.10 Å². The van der Waals surface area contributed by atoms with Crippen LogP contribution in [-0.4, -0.2) is 31.8 Å². The molecule has 0 unspecified atom stereocenters. The smallest absolute Gasteiger partial charge is 0.192 e. The Morgan fingerprint density at radius 3 is 2.24 bits per heavy atom. The van der Waals surface area contributed by atoms with Gasteiger partial charge in [0.2, 0.25) is 0 Å². The van der Waals surface area contributed by atoms with Crippen molar-refractivity contribution in [2.24, 2.45) is 11.3 Å². The molecule has 0 heterocycles. The van der Waals surface area contributed by atoms with E-state index in [9.17, 15) is 14.4 Å². The Morgan fingerprint density at radius 1 is 1.03 bits per heavy atom. The van der Waals surface area contributed by atoms with Crippen LogP contribution in [0.15, 0.2) is 60.2 Å². The Balaban J connectivity index is 2.03. The van der Waals surface area contributed by atoms with Gasteiger partial charge in [-0.1, -0.05) is 69.3 Å². The normalized spacial score (nSPS) is 24.9. The number of benzene rings is 2. The molecule has 34 heavy (non-hydrogen) atoms. The molecule has 0 aliphatic heterocycles. The molecule has 2 aliphatic carbocycles. The van der Waals surface area contributed by atoms with Crippen molar-refractivity contribution in [1.29, 1.82) is 0 Å². The summed E-state index contributed by atoms with van der Waals surface area (Å²) in [6, 6.07) is 14.2. The van der Waals surface area contributed by atoms with Gasteiger partial charge < -0.3 is 4.43 Å². The van der Waals surface area contributed by atoms with Crippen molar-refractivity contribution < 1.29 is 18.8 Å². The summed E-state index contributed by atoms with van der Waals surface area (Å²) in [5.74, 6) is -1.56. The van der Waals surface area contributed by atoms with Crippen LogP contribution in [0.2, 0.25) is 18.1 Å². The molecular formula is C28H31IO4Si. The molecule has 4 nitrogen and oxygen atoms in total. The first-order valence-corrected chi connectivity index (χ1v) is 15.6. The molecular weight excluding hydrogens is 555 g/mol. The van der Waals surface area contributed by atoms with Gasteiger partial charge in [0.25, 0.3) is 0 Å². The van der Waals surface area contributed by atoms with Crippen LogP contribution < -0.4 is 0 Å². The van der Waals surface area contributed by atoms with Gasteiger partial charge in [0, 0.05) is 26.2 Å². The molecule has 6 heteroatoms. The van der Waals surface area contributed by atoms with Gasteiger partial charge in [-0.2, -0.15) is 0 Å². The Morgan fingerprint density at radius 2 is 1.62 bits per heavy atom. The van der Waals surface area contributed by atoms with Gasteiger partial charge in [-0.25, -0.2) is 0 Å². The molecule has 2 aromatic rings. The topological polar surface area (TPSA) is 60.4 Å². The van der Waals surface area contributed by atoms with Gasteiger partial charge in [0.1, 0.15) is 5.41 Å². The lowest BCUT2D eigenvalue weighted by atomic mass is 9.53. The number of hydrogen-bond acceptors (Lipinski definition) is 4. The molecule has 0 saturated heterocycles. The summed E-state index contributed by atoms with van der Waals surface area (Å²) >= 11 is 2.13. The van der Waals surface area contributed by atoms with Crippen LogP contribution >= 0.6 is 22.6 Å². The van der Waals surface area contributed by atoms with Crippen molar-refractivity contribution in [3.63, 3.8) is 0 Å². The SMILES string of the molecule is CC1=CC[C@H]2C(=O)c3ccccc3C(=O)[C@@]2(C(=O)c2ccccc2I)[C@@H]1O[Si](C)(C)C(C)(C)C. The summed E-state index contributed by atoms with van der Waals surface area (Å²) in [5.41, 5.74) is 0.415. The molecule has 0 radical (unpaired) electrons. The first-order valence-electron chi connectivity index (χ1n) is 11.7. The molecule has 3 atom stereocenters. The Bertz CT molecular complexity index is 1220. The quantitative estimate of drug-likeness (QED) is 0.129. The van der Waals surface area contributed by atoms with Crippen LogP contribution in [0.3, 0.4) is 0 Å². The molecule has 0 spiro atoms. The minimum Gasteiger partial charge on any atom is -0.409 e. The van der Waals surface area contributed by atoms with Gasteiger partial charge in [0.15, 0.2) is 25.7 Å². The van der Waals surface area contributed by atoms with Crippen LogP contribution in [0.25, 0.3) is 0 Å². The van der Waals surface area contributed by atoms with E-state index in [2.05, 4.69) is 56.5 Å². The number of allylic oxidation sites excluding steroid dienone is 1. The fraction of sp³-hybridized carbons (Fsp3) is 0.393. The zero-order chi connectivity index (χ0) is 25.1. The summed E-state index contributed by atoms with van der Waals surface area (Å²) in [4.78, 5) is 42.9. The molecule has 2 aliphatic rings. The maximum Gasteiger partial charge on any atom is 0.192 e. The molecule has 0 fully saturated rings. The summed E-state index contributed by atoms with van der Waals surface area (Å²) in [6.45, 7) is 12.6. The van der Waals surface area contributed by atoms with Crippen molar-refractivity contribution in [2.45, 2.75) is 58.4 Å². The average molecular weight is 587 g/mol. The van der Waals surface area contributed by atoms with E-state index in [-0.39, 0.29) is 22.4 Å². The minimum absolute atomic E-state index is 0.134. The fourth-order valence-corrected chi connectivity index (χ4v) is 6.89.